The van der Waals surface area contributed by atoms with E-state index in [0.29, 0.717) is 10.0 Å². The van der Waals surface area contributed by atoms with Crippen LogP contribution in [0.15, 0.2) is 18.2 Å². The maximum Gasteiger partial charge on any atom is 0.0637 e. The largest absolute Gasteiger partial charge is 0.312 e. The van der Waals surface area contributed by atoms with Gasteiger partial charge in [0.1, 0.15) is 0 Å². The zero-order valence-electron chi connectivity index (χ0n) is 9.31. The summed E-state index contributed by atoms with van der Waals surface area (Å²) in [4.78, 5) is 0. The molecule has 1 saturated carbocycles. The molecule has 2 rings (SSSR count). The van der Waals surface area contributed by atoms with Gasteiger partial charge in [0.05, 0.1) is 10.0 Å². The minimum absolute atomic E-state index is 0.641. The molecule has 0 spiro atoms. The van der Waals surface area contributed by atoms with Crippen LogP contribution in [-0.4, -0.2) is 6.54 Å². The molecule has 1 N–H and O–H groups in total. The lowest BCUT2D eigenvalue weighted by Crippen LogP contribution is -2.20. The monoisotopic (exact) mass is 257 g/mol. The van der Waals surface area contributed by atoms with Gasteiger partial charge in [-0.3, -0.25) is 0 Å². The molecule has 1 aromatic rings. The van der Waals surface area contributed by atoms with Crippen molar-refractivity contribution in [2.24, 2.45) is 5.92 Å². The molecule has 1 aromatic carbocycles. The van der Waals surface area contributed by atoms with Gasteiger partial charge < -0.3 is 5.32 Å². The van der Waals surface area contributed by atoms with E-state index < -0.39 is 0 Å². The Morgan fingerprint density at radius 1 is 1.19 bits per heavy atom. The Morgan fingerprint density at radius 3 is 2.69 bits per heavy atom. The molecule has 0 bridgehead atoms. The fourth-order valence-corrected chi connectivity index (χ4v) is 2.70. The third-order valence-electron chi connectivity index (χ3n) is 3.25. The van der Waals surface area contributed by atoms with Crippen molar-refractivity contribution in [1.29, 1.82) is 0 Å². The normalized spacial score (nSPS) is 16.9. The Labute approximate surface area is 107 Å². The molecular weight excluding hydrogens is 241 g/mol. The third kappa shape index (κ3) is 3.13. The molecule has 1 aliphatic carbocycles. The fourth-order valence-electron chi connectivity index (χ4n) is 2.31. The average molecular weight is 258 g/mol. The van der Waals surface area contributed by atoms with Crippen LogP contribution in [0.2, 0.25) is 10.0 Å². The second kappa shape index (κ2) is 5.90. The number of rotatable bonds is 4. The molecule has 88 valence electrons. The highest BCUT2D eigenvalue weighted by molar-refractivity contribution is 6.42. The van der Waals surface area contributed by atoms with Crippen molar-refractivity contribution < 1.29 is 0 Å². The van der Waals surface area contributed by atoms with E-state index in [1.165, 1.54) is 25.7 Å². The van der Waals surface area contributed by atoms with E-state index in [0.717, 1.165) is 24.6 Å². The number of nitrogens with one attached hydrogen (secondary N) is 1. The number of hydrogen-bond donors (Lipinski definition) is 1. The molecule has 16 heavy (non-hydrogen) atoms. The molecule has 0 saturated heterocycles. The molecule has 0 atom stereocenters. The van der Waals surface area contributed by atoms with Gasteiger partial charge in [0.15, 0.2) is 0 Å². The van der Waals surface area contributed by atoms with Crippen molar-refractivity contribution in [1.82, 2.24) is 5.32 Å². The number of halogens is 2. The Bertz CT molecular complexity index is 346. The lowest BCUT2D eigenvalue weighted by Gasteiger charge is -2.11. The molecule has 1 nitrogen and oxygen atoms in total. The SMILES string of the molecule is Clc1cccc(CNCC2CCCC2)c1Cl. The quantitative estimate of drug-likeness (QED) is 0.850. The zero-order chi connectivity index (χ0) is 11.4. The van der Waals surface area contributed by atoms with Crippen LogP contribution in [0.25, 0.3) is 0 Å². The minimum atomic E-state index is 0.641. The molecular formula is C13H17Cl2N. The van der Waals surface area contributed by atoms with Gasteiger partial charge in [-0.1, -0.05) is 48.2 Å². The summed E-state index contributed by atoms with van der Waals surface area (Å²) in [5.74, 6) is 0.859. The zero-order valence-corrected chi connectivity index (χ0v) is 10.8. The number of benzene rings is 1. The van der Waals surface area contributed by atoms with Crippen molar-refractivity contribution >= 4 is 23.2 Å². The average Bonchev–Trinajstić information content (AvgIpc) is 2.77. The Morgan fingerprint density at radius 2 is 1.94 bits per heavy atom. The van der Waals surface area contributed by atoms with E-state index >= 15 is 0 Å². The van der Waals surface area contributed by atoms with Crippen LogP contribution in [-0.2, 0) is 6.54 Å². The molecule has 0 aromatic heterocycles. The van der Waals surface area contributed by atoms with Gasteiger partial charge in [-0.15, -0.1) is 0 Å². The first-order valence-electron chi connectivity index (χ1n) is 5.91. The maximum absolute atomic E-state index is 6.12. The van der Waals surface area contributed by atoms with Crippen molar-refractivity contribution in [2.45, 2.75) is 32.2 Å². The van der Waals surface area contributed by atoms with E-state index in [4.69, 9.17) is 23.2 Å². The second-order valence-corrected chi connectivity index (χ2v) is 5.28. The third-order valence-corrected chi connectivity index (χ3v) is 4.11. The molecule has 0 heterocycles. The first kappa shape index (κ1) is 12.2. The van der Waals surface area contributed by atoms with E-state index in [9.17, 15) is 0 Å². The van der Waals surface area contributed by atoms with Crippen LogP contribution in [0.1, 0.15) is 31.2 Å². The predicted octanol–water partition coefficient (Wildman–Crippen LogP) is 4.27. The fraction of sp³-hybridized carbons (Fsp3) is 0.538. The van der Waals surface area contributed by atoms with Crippen LogP contribution in [0.5, 0.6) is 0 Å². The first-order chi connectivity index (χ1) is 7.77. The summed E-state index contributed by atoms with van der Waals surface area (Å²) in [6, 6.07) is 5.79. The van der Waals surface area contributed by atoms with Crippen molar-refractivity contribution in [3.63, 3.8) is 0 Å². The standard InChI is InChI=1S/C13H17Cl2N/c14-12-7-3-6-11(13(12)15)9-16-8-10-4-1-2-5-10/h3,6-7,10,16H,1-2,4-5,8-9H2. The van der Waals surface area contributed by atoms with Crippen molar-refractivity contribution in [2.75, 3.05) is 6.54 Å². The second-order valence-electron chi connectivity index (χ2n) is 4.49. The highest BCUT2D eigenvalue weighted by atomic mass is 35.5. The topological polar surface area (TPSA) is 12.0 Å². The summed E-state index contributed by atoms with van der Waals surface area (Å²) in [6.07, 6.45) is 5.53. The van der Waals surface area contributed by atoms with Crippen molar-refractivity contribution in [3.8, 4) is 0 Å². The Balaban J connectivity index is 1.82. The van der Waals surface area contributed by atoms with E-state index in [1.54, 1.807) is 0 Å². The molecule has 0 aliphatic heterocycles. The molecule has 1 fully saturated rings. The maximum atomic E-state index is 6.12. The van der Waals surface area contributed by atoms with E-state index in [2.05, 4.69) is 5.32 Å². The molecule has 3 heteroatoms. The van der Waals surface area contributed by atoms with Gasteiger partial charge in [-0.25, -0.2) is 0 Å². The van der Waals surface area contributed by atoms with Gasteiger partial charge in [0.2, 0.25) is 0 Å². The van der Waals surface area contributed by atoms with E-state index in [-0.39, 0.29) is 0 Å². The number of hydrogen-bond acceptors (Lipinski definition) is 1. The van der Waals surface area contributed by atoms with Crippen molar-refractivity contribution in [3.05, 3.63) is 33.8 Å². The van der Waals surface area contributed by atoms with Crippen LogP contribution >= 0.6 is 23.2 Å². The smallest absolute Gasteiger partial charge is 0.0637 e. The van der Waals surface area contributed by atoms with Crippen LogP contribution < -0.4 is 5.32 Å². The lowest BCUT2D eigenvalue weighted by atomic mass is 10.1. The van der Waals surface area contributed by atoms with Crippen LogP contribution in [0.4, 0.5) is 0 Å². The summed E-state index contributed by atoms with van der Waals surface area (Å²) in [5, 5.41) is 4.79. The molecule has 0 radical (unpaired) electrons. The first-order valence-corrected chi connectivity index (χ1v) is 6.66. The van der Waals surface area contributed by atoms with Gasteiger partial charge in [-0.2, -0.15) is 0 Å². The Hall–Kier alpha value is -0.240. The summed E-state index contributed by atoms with van der Waals surface area (Å²) >= 11 is 12.1. The Kier molecular flexibility index (Phi) is 4.51. The highest BCUT2D eigenvalue weighted by Crippen LogP contribution is 2.26. The minimum Gasteiger partial charge on any atom is -0.312 e. The van der Waals surface area contributed by atoms with Crippen LogP contribution in [0.3, 0.4) is 0 Å². The molecule has 0 unspecified atom stereocenters. The molecule has 1 aliphatic rings. The van der Waals surface area contributed by atoms with Gasteiger partial charge >= 0.3 is 0 Å². The van der Waals surface area contributed by atoms with E-state index in [1.807, 2.05) is 18.2 Å². The van der Waals surface area contributed by atoms with Gasteiger partial charge in [0.25, 0.3) is 0 Å². The summed E-state index contributed by atoms with van der Waals surface area (Å²) < 4.78 is 0. The predicted molar refractivity (Wildman–Crippen MR) is 70.1 cm³/mol. The summed E-state index contributed by atoms with van der Waals surface area (Å²) in [7, 11) is 0. The van der Waals surface area contributed by atoms with Gasteiger partial charge in [-0.05, 0) is 36.9 Å². The summed E-state index contributed by atoms with van der Waals surface area (Å²) in [5.41, 5.74) is 1.09. The lowest BCUT2D eigenvalue weighted by molar-refractivity contribution is 0.489. The van der Waals surface area contributed by atoms with Gasteiger partial charge in [0, 0.05) is 6.54 Å². The molecule has 0 amide bonds. The highest BCUT2D eigenvalue weighted by Gasteiger charge is 2.14. The summed E-state index contributed by atoms with van der Waals surface area (Å²) in [6.45, 7) is 1.92. The van der Waals surface area contributed by atoms with Crippen LogP contribution in [0, 0.1) is 5.92 Å².